The number of nitrogens with two attached hydrogens (primary N) is 1. The van der Waals surface area contributed by atoms with Gasteiger partial charge >= 0.3 is 5.97 Å². The van der Waals surface area contributed by atoms with Crippen molar-refractivity contribution in [3.8, 4) is 0 Å². The fourth-order valence-electron chi connectivity index (χ4n) is 4.67. The standard InChI is InChI=1S/C18H22N2O5S/c19-26(23,24)14-3-4-16-13(9-14)5-6-20(16)17(21)10-25-18(22)15-8-11-1-2-12(15)7-11/h3-4,9,11-12,15H,1-2,5-8,10H2,(H2,19,23,24)/t11-,12-,15+/m0/s1. The van der Waals surface area contributed by atoms with Crippen LogP contribution in [0, 0.1) is 17.8 Å². The van der Waals surface area contributed by atoms with Gasteiger partial charge in [0.1, 0.15) is 0 Å². The number of hydrogen-bond acceptors (Lipinski definition) is 5. The molecule has 4 rings (SSSR count). The van der Waals surface area contributed by atoms with Crippen LogP contribution in [0.2, 0.25) is 0 Å². The predicted molar refractivity (Wildman–Crippen MR) is 93.8 cm³/mol. The van der Waals surface area contributed by atoms with Gasteiger partial charge in [0.2, 0.25) is 10.0 Å². The number of rotatable bonds is 4. The molecule has 2 bridgehead atoms. The Morgan fingerprint density at radius 2 is 2.04 bits per heavy atom. The van der Waals surface area contributed by atoms with Gasteiger partial charge < -0.3 is 9.64 Å². The molecule has 0 radical (unpaired) electrons. The maximum Gasteiger partial charge on any atom is 0.309 e. The highest BCUT2D eigenvalue weighted by molar-refractivity contribution is 7.89. The van der Waals surface area contributed by atoms with Crippen LogP contribution in [0.25, 0.3) is 0 Å². The number of ether oxygens (including phenoxy) is 1. The molecule has 2 saturated carbocycles. The zero-order chi connectivity index (χ0) is 18.5. The topological polar surface area (TPSA) is 107 Å². The van der Waals surface area contributed by atoms with Crippen molar-refractivity contribution < 1.29 is 22.7 Å². The molecule has 0 aromatic heterocycles. The van der Waals surface area contributed by atoms with Crippen molar-refractivity contribution in [2.24, 2.45) is 22.9 Å². The van der Waals surface area contributed by atoms with E-state index < -0.39 is 10.0 Å². The molecular weight excluding hydrogens is 356 g/mol. The van der Waals surface area contributed by atoms with Gasteiger partial charge in [-0.2, -0.15) is 0 Å². The monoisotopic (exact) mass is 378 g/mol. The number of anilines is 1. The Kier molecular flexibility index (Phi) is 4.27. The lowest BCUT2D eigenvalue weighted by Crippen LogP contribution is -2.34. The lowest BCUT2D eigenvalue weighted by Gasteiger charge is -2.21. The van der Waals surface area contributed by atoms with Gasteiger partial charge in [0.05, 0.1) is 10.8 Å². The fraction of sp³-hybridized carbons (Fsp3) is 0.556. The van der Waals surface area contributed by atoms with Gasteiger partial charge in [-0.05, 0) is 61.3 Å². The first-order chi connectivity index (χ1) is 12.3. The normalized spacial score (nSPS) is 26.8. The number of sulfonamides is 1. The summed E-state index contributed by atoms with van der Waals surface area (Å²) in [5, 5.41) is 5.15. The van der Waals surface area contributed by atoms with Crippen molar-refractivity contribution >= 4 is 27.6 Å². The summed E-state index contributed by atoms with van der Waals surface area (Å²) >= 11 is 0. The summed E-state index contributed by atoms with van der Waals surface area (Å²) in [5.41, 5.74) is 1.41. The summed E-state index contributed by atoms with van der Waals surface area (Å²) < 4.78 is 28.2. The highest BCUT2D eigenvalue weighted by Gasteiger charge is 2.44. The molecule has 7 nitrogen and oxygen atoms in total. The van der Waals surface area contributed by atoms with Crippen molar-refractivity contribution in [3.05, 3.63) is 23.8 Å². The molecule has 3 aliphatic rings. The van der Waals surface area contributed by atoms with E-state index in [2.05, 4.69) is 0 Å². The number of benzene rings is 1. The molecule has 2 N–H and O–H groups in total. The summed E-state index contributed by atoms with van der Waals surface area (Å²) in [6.07, 6.45) is 4.84. The number of carbonyl (C=O) groups is 2. The van der Waals surface area contributed by atoms with Crippen LogP contribution in [0.15, 0.2) is 23.1 Å². The van der Waals surface area contributed by atoms with Gasteiger partial charge in [-0.1, -0.05) is 6.42 Å². The number of hydrogen-bond donors (Lipinski definition) is 1. The second-order valence-electron chi connectivity index (χ2n) is 7.52. The lowest BCUT2D eigenvalue weighted by molar-refractivity contribution is -0.153. The smallest absolute Gasteiger partial charge is 0.309 e. The average molecular weight is 378 g/mol. The summed E-state index contributed by atoms with van der Waals surface area (Å²) in [6.45, 7) is 0.164. The van der Waals surface area contributed by atoms with Crippen molar-refractivity contribution in [3.63, 3.8) is 0 Å². The van der Waals surface area contributed by atoms with E-state index in [1.54, 1.807) is 6.07 Å². The van der Waals surface area contributed by atoms with E-state index in [4.69, 9.17) is 9.88 Å². The minimum Gasteiger partial charge on any atom is -0.455 e. The van der Waals surface area contributed by atoms with Crippen molar-refractivity contribution in [2.75, 3.05) is 18.1 Å². The first kappa shape index (κ1) is 17.5. The SMILES string of the molecule is NS(=O)(=O)c1ccc2c(c1)CCN2C(=O)COC(=O)[C@@H]1C[C@H]2CC[C@H]1C2. The van der Waals surface area contributed by atoms with Gasteiger partial charge in [0.25, 0.3) is 5.91 Å². The molecular formula is C18H22N2O5S. The van der Waals surface area contributed by atoms with Crippen LogP contribution in [0.5, 0.6) is 0 Å². The molecule has 1 aromatic rings. The van der Waals surface area contributed by atoms with E-state index in [1.807, 2.05) is 0 Å². The van der Waals surface area contributed by atoms with E-state index in [-0.39, 0.29) is 29.3 Å². The quantitative estimate of drug-likeness (QED) is 0.793. The fourth-order valence-corrected chi connectivity index (χ4v) is 5.23. The molecule has 2 fully saturated rings. The van der Waals surface area contributed by atoms with Crippen molar-refractivity contribution in [1.82, 2.24) is 0 Å². The second-order valence-corrected chi connectivity index (χ2v) is 9.08. The Bertz CT molecular complexity index is 866. The molecule has 0 saturated heterocycles. The lowest BCUT2D eigenvalue weighted by atomic mass is 9.89. The van der Waals surface area contributed by atoms with Crippen LogP contribution in [0.4, 0.5) is 5.69 Å². The number of esters is 1. The van der Waals surface area contributed by atoms with E-state index >= 15 is 0 Å². The van der Waals surface area contributed by atoms with Crippen LogP contribution < -0.4 is 10.0 Å². The van der Waals surface area contributed by atoms with Gasteiger partial charge in [-0.3, -0.25) is 9.59 Å². The van der Waals surface area contributed by atoms with E-state index in [0.29, 0.717) is 30.5 Å². The first-order valence-electron chi connectivity index (χ1n) is 8.95. The second kappa shape index (κ2) is 6.35. The van der Waals surface area contributed by atoms with Gasteiger partial charge in [0.15, 0.2) is 6.61 Å². The number of primary sulfonamides is 1. The molecule has 8 heteroatoms. The maximum atomic E-state index is 12.5. The van der Waals surface area contributed by atoms with Crippen LogP contribution in [0.3, 0.4) is 0 Å². The molecule has 2 aliphatic carbocycles. The average Bonchev–Trinajstić information content (AvgIpc) is 3.32. The summed E-state index contributed by atoms with van der Waals surface area (Å²) in [7, 11) is -3.77. The predicted octanol–water partition coefficient (Wildman–Crippen LogP) is 1.20. The van der Waals surface area contributed by atoms with Gasteiger partial charge in [-0.15, -0.1) is 0 Å². The highest BCUT2D eigenvalue weighted by atomic mass is 32.2. The molecule has 26 heavy (non-hydrogen) atoms. The molecule has 1 aliphatic heterocycles. The van der Waals surface area contributed by atoms with Crippen LogP contribution in [0.1, 0.15) is 31.2 Å². The van der Waals surface area contributed by atoms with Crippen molar-refractivity contribution in [2.45, 2.75) is 37.0 Å². The maximum absolute atomic E-state index is 12.5. The summed E-state index contributed by atoms with van der Waals surface area (Å²) in [5.74, 6) is 0.473. The number of carbonyl (C=O) groups excluding carboxylic acids is 2. The first-order valence-corrected chi connectivity index (χ1v) is 10.5. The molecule has 1 amide bonds. The Labute approximate surface area is 152 Å². The Balaban J connectivity index is 1.39. The third kappa shape index (κ3) is 3.12. The number of fused-ring (bicyclic) bond motifs is 3. The third-order valence-electron chi connectivity index (χ3n) is 5.95. The minimum absolute atomic E-state index is 0.0354. The third-order valence-corrected chi connectivity index (χ3v) is 6.87. The number of amides is 1. The Morgan fingerprint density at radius 3 is 2.69 bits per heavy atom. The largest absolute Gasteiger partial charge is 0.455 e. The summed E-state index contributed by atoms with van der Waals surface area (Å²) in [4.78, 5) is 26.3. The van der Waals surface area contributed by atoms with Crippen molar-refractivity contribution in [1.29, 1.82) is 0 Å². The molecule has 1 aromatic carbocycles. The minimum atomic E-state index is -3.77. The zero-order valence-electron chi connectivity index (χ0n) is 14.4. The highest BCUT2D eigenvalue weighted by Crippen LogP contribution is 2.48. The van der Waals surface area contributed by atoms with E-state index in [9.17, 15) is 18.0 Å². The summed E-state index contributed by atoms with van der Waals surface area (Å²) in [6, 6.07) is 4.47. The van der Waals surface area contributed by atoms with Crippen LogP contribution >= 0.6 is 0 Å². The van der Waals surface area contributed by atoms with E-state index in [0.717, 1.165) is 24.8 Å². The van der Waals surface area contributed by atoms with E-state index in [1.165, 1.54) is 23.5 Å². The zero-order valence-corrected chi connectivity index (χ0v) is 15.2. The van der Waals surface area contributed by atoms with Gasteiger partial charge in [0, 0.05) is 12.2 Å². The Hall–Kier alpha value is -1.93. The molecule has 3 atom stereocenters. The Morgan fingerprint density at radius 1 is 1.23 bits per heavy atom. The number of nitrogens with zero attached hydrogens (tertiary/aromatic N) is 1. The van der Waals surface area contributed by atoms with Crippen LogP contribution in [-0.2, 0) is 30.8 Å². The molecule has 1 heterocycles. The molecule has 0 unspecified atom stereocenters. The van der Waals surface area contributed by atoms with Gasteiger partial charge in [-0.25, -0.2) is 13.6 Å². The molecule has 0 spiro atoms. The van der Waals surface area contributed by atoms with Crippen LogP contribution in [-0.4, -0.2) is 33.4 Å². The molecule has 140 valence electrons.